The molecule has 2 aromatic carbocycles. The van der Waals surface area contributed by atoms with Crippen molar-refractivity contribution in [1.29, 1.82) is 0 Å². The number of amides is 1. The second-order valence-electron chi connectivity index (χ2n) is 5.64. The Morgan fingerprint density at radius 1 is 0.962 bits per heavy atom. The maximum absolute atomic E-state index is 12.6. The minimum Gasteiger partial charge on any atom is -0.494 e. The molecule has 0 heterocycles. The summed E-state index contributed by atoms with van der Waals surface area (Å²) in [6.07, 6.45) is 0.667. The fourth-order valence-electron chi connectivity index (χ4n) is 2.53. The average Bonchev–Trinajstić information content (AvgIpc) is 2.64. The summed E-state index contributed by atoms with van der Waals surface area (Å²) in [7, 11) is 6.39. The van der Waals surface area contributed by atoms with Gasteiger partial charge in [0.25, 0.3) is 5.91 Å². The molecular weight excluding hydrogens is 377 g/mol. The summed E-state index contributed by atoms with van der Waals surface area (Å²) in [6.45, 7) is 0.523. The summed E-state index contributed by atoms with van der Waals surface area (Å²) in [6, 6.07) is 8.81. The number of ether oxygens (including phenoxy) is 3. The van der Waals surface area contributed by atoms with Gasteiger partial charge >= 0.3 is 0 Å². The highest BCUT2D eigenvalue weighted by Crippen LogP contribution is 2.34. The Hall–Kier alpha value is -2.11. The first-order valence-electron chi connectivity index (χ1n) is 7.90. The number of carbonyl (C=O) groups is 1. The van der Waals surface area contributed by atoms with Crippen molar-refractivity contribution in [1.82, 2.24) is 4.90 Å². The van der Waals surface area contributed by atoms with Crippen molar-refractivity contribution in [3.8, 4) is 17.2 Å². The van der Waals surface area contributed by atoms with Crippen LogP contribution < -0.4 is 14.2 Å². The highest BCUT2D eigenvalue weighted by Gasteiger charge is 2.17. The first kappa shape index (κ1) is 20.2. The van der Waals surface area contributed by atoms with Gasteiger partial charge in [0, 0.05) is 19.2 Å². The van der Waals surface area contributed by atoms with Crippen LogP contribution in [0.4, 0.5) is 0 Å². The fourth-order valence-corrected chi connectivity index (χ4v) is 3.17. The zero-order valence-electron chi connectivity index (χ0n) is 15.1. The predicted octanol–water partition coefficient (Wildman–Crippen LogP) is 4.33. The van der Waals surface area contributed by atoms with Crippen LogP contribution in [0.2, 0.25) is 10.0 Å². The Balaban J connectivity index is 2.08. The minimum atomic E-state index is -0.170. The van der Waals surface area contributed by atoms with Crippen molar-refractivity contribution in [2.24, 2.45) is 0 Å². The number of likely N-dealkylation sites (N-methyl/N-ethyl adjacent to an activating group) is 1. The Labute approximate surface area is 163 Å². The van der Waals surface area contributed by atoms with Crippen LogP contribution >= 0.6 is 23.2 Å². The molecule has 7 heteroatoms. The van der Waals surface area contributed by atoms with Gasteiger partial charge in [0.05, 0.1) is 31.4 Å². The quantitative estimate of drug-likeness (QED) is 0.697. The van der Waals surface area contributed by atoms with Crippen LogP contribution in [0.3, 0.4) is 0 Å². The van der Waals surface area contributed by atoms with Crippen LogP contribution in [-0.2, 0) is 6.42 Å². The van der Waals surface area contributed by atoms with E-state index in [2.05, 4.69) is 0 Å². The Kier molecular flexibility index (Phi) is 7.00. The zero-order chi connectivity index (χ0) is 19.3. The highest BCUT2D eigenvalue weighted by molar-refractivity contribution is 6.37. The average molecular weight is 398 g/mol. The molecule has 2 rings (SSSR count). The molecule has 26 heavy (non-hydrogen) atoms. The lowest BCUT2D eigenvalue weighted by atomic mass is 10.1. The second-order valence-corrected chi connectivity index (χ2v) is 6.45. The number of benzene rings is 2. The number of hydrogen-bond donors (Lipinski definition) is 0. The van der Waals surface area contributed by atoms with Gasteiger partial charge in [0.2, 0.25) is 0 Å². The highest BCUT2D eigenvalue weighted by atomic mass is 35.5. The number of carbonyl (C=O) groups excluding carboxylic acids is 1. The van der Waals surface area contributed by atoms with Crippen LogP contribution in [0.5, 0.6) is 17.2 Å². The zero-order valence-corrected chi connectivity index (χ0v) is 16.6. The third-order valence-corrected chi connectivity index (χ3v) is 4.54. The summed E-state index contributed by atoms with van der Waals surface area (Å²) >= 11 is 12.2. The molecule has 0 bridgehead atoms. The molecular formula is C19H21Cl2NO4. The Morgan fingerprint density at radius 3 is 2.12 bits per heavy atom. The Morgan fingerprint density at radius 2 is 1.58 bits per heavy atom. The van der Waals surface area contributed by atoms with Crippen LogP contribution in [0.15, 0.2) is 30.3 Å². The molecule has 0 atom stereocenters. The predicted molar refractivity (Wildman–Crippen MR) is 103 cm³/mol. The largest absolute Gasteiger partial charge is 0.494 e. The normalized spacial score (nSPS) is 10.4. The van der Waals surface area contributed by atoms with Crippen LogP contribution in [0.25, 0.3) is 0 Å². The molecule has 140 valence electrons. The standard InChI is InChI=1S/C19H21Cl2NO4/c1-22(8-7-12-5-6-16(24-2)17(9-12)25-3)19(23)13-10-14(20)18(26-4)15(21)11-13/h5-6,9-11H,7-8H2,1-4H3. The smallest absolute Gasteiger partial charge is 0.253 e. The van der Waals surface area contributed by atoms with E-state index in [4.69, 9.17) is 37.4 Å². The lowest BCUT2D eigenvalue weighted by Gasteiger charge is -2.18. The monoisotopic (exact) mass is 397 g/mol. The van der Waals surface area contributed by atoms with Crippen molar-refractivity contribution in [3.63, 3.8) is 0 Å². The van der Waals surface area contributed by atoms with E-state index in [0.29, 0.717) is 45.8 Å². The van der Waals surface area contributed by atoms with E-state index in [1.54, 1.807) is 38.3 Å². The van der Waals surface area contributed by atoms with Crippen LogP contribution in [0, 0.1) is 0 Å². The first-order valence-corrected chi connectivity index (χ1v) is 8.66. The molecule has 0 aromatic heterocycles. The van der Waals surface area contributed by atoms with Gasteiger partial charge in [0.15, 0.2) is 17.2 Å². The molecule has 0 radical (unpaired) electrons. The fraction of sp³-hybridized carbons (Fsp3) is 0.316. The molecule has 0 N–H and O–H groups in total. The molecule has 0 saturated heterocycles. The third-order valence-electron chi connectivity index (χ3n) is 3.98. The van der Waals surface area contributed by atoms with E-state index >= 15 is 0 Å². The topological polar surface area (TPSA) is 48.0 Å². The number of halogens is 2. The first-order chi connectivity index (χ1) is 12.4. The number of hydrogen-bond acceptors (Lipinski definition) is 4. The molecule has 0 unspecified atom stereocenters. The molecule has 2 aromatic rings. The van der Waals surface area contributed by atoms with E-state index < -0.39 is 0 Å². The van der Waals surface area contributed by atoms with Gasteiger partial charge in [-0.15, -0.1) is 0 Å². The maximum atomic E-state index is 12.6. The number of rotatable bonds is 7. The number of methoxy groups -OCH3 is 3. The third kappa shape index (κ3) is 4.54. The Bertz CT molecular complexity index is 772. The van der Waals surface area contributed by atoms with Gasteiger partial charge in [-0.3, -0.25) is 4.79 Å². The van der Waals surface area contributed by atoms with E-state index in [1.165, 1.54) is 7.11 Å². The van der Waals surface area contributed by atoms with Gasteiger partial charge in [-0.1, -0.05) is 29.3 Å². The molecule has 0 aliphatic rings. The summed E-state index contributed by atoms with van der Waals surface area (Å²) in [5.41, 5.74) is 1.45. The van der Waals surface area contributed by atoms with Gasteiger partial charge in [0.1, 0.15) is 0 Å². The van der Waals surface area contributed by atoms with Crippen LogP contribution in [0.1, 0.15) is 15.9 Å². The van der Waals surface area contributed by atoms with Gasteiger partial charge < -0.3 is 19.1 Å². The number of nitrogens with zero attached hydrogens (tertiary/aromatic N) is 1. The molecule has 0 fully saturated rings. The van der Waals surface area contributed by atoms with E-state index in [0.717, 1.165) is 5.56 Å². The van der Waals surface area contributed by atoms with Crippen molar-refractivity contribution >= 4 is 29.1 Å². The summed E-state index contributed by atoms with van der Waals surface area (Å²) < 4.78 is 15.6. The summed E-state index contributed by atoms with van der Waals surface area (Å²) in [4.78, 5) is 14.2. The molecule has 0 spiro atoms. The van der Waals surface area contributed by atoms with E-state index in [1.807, 2.05) is 18.2 Å². The lowest BCUT2D eigenvalue weighted by molar-refractivity contribution is 0.0796. The van der Waals surface area contributed by atoms with E-state index in [9.17, 15) is 4.79 Å². The molecule has 1 amide bonds. The summed E-state index contributed by atoms with van der Waals surface area (Å²) in [5.74, 6) is 1.52. The van der Waals surface area contributed by atoms with Gasteiger partial charge in [-0.25, -0.2) is 0 Å². The maximum Gasteiger partial charge on any atom is 0.253 e. The summed E-state index contributed by atoms with van der Waals surface area (Å²) in [5, 5.41) is 0.605. The second kappa shape index (κ2) is 9.01. The van der Waals surface area contributed by atoms with Crippen molar-refractivity contribution in [2.45, 2.75) is 6.42 Å². The van der Waals surface area contributed by atoms with Gasteiger partial charge in [-0.2, -0.15) is 0 Å². The van der Waals surface area contributed by atoms with Crippen molar-refractivity contribution in [3.05, 3.63) is 51.5 Å². The van der Waals surface area contributed by atoms with Gasteiger partial charge in [-0.05, 0) is 36.2 Å². The molecule has 0 saturated carbocycles. The van der Waals surface area contributed by atoms with Crippen LogP contribution in [-0.4, -0.2) is 45.7 Å². The van der Waals surface area contributed by atoms with Crippen molar-refractivity contribution in [2.75, 3.05) is 34.9 Å². The lowest BCUT2D eigenvalue weighted by Crippen LogP contribution is -2.28. The molecule has 5 nitrogen and oxygen atoms in total. The minimum absolute atomic E-state index is 0.170. The van der Waals surface area contributed by atoms with Crippen molar-refractivity contribution < 1.29 is 19.0 Å². The van der Waals surface area contributed by atoms with E-state index in [-0.39, 0.29) is 5.91 Å². The molecule has 0 aliphatic carbocycles. The SMILES string of the molecule is COc1ccc(CCN(C)C(=O)c2cc(Cl)c(OC)c(Cl)c2)cc1OC. The molecule has 0 aliphatic heterocycles.